The average Bonchev–Trinajstić information content (AvgIpc) is 2.26. The monoisotopic (exact) mass is 240 g/mol. The summed E-state index contributed by atoms with van der Waals surface area (Å²) in [5.74, 6) is 0. The van der Waals surface area contributed by atoms with Crippen molar-refractivity contribution in [2.24, 2.45) is 0 Å². The average molecular weight is 240 g/mol. The third kappa shape index (κ3) is 3.12. The van der Waals surface area contributed by atoms with Crippen LogP contribution in [0, 0.1) is 0 Å². The van der Waals surface area contributed by atoms with Crippen molar-refractivity contribution in [2.75, 3.05) is 13.1 Å². The van der Waals surface area contributed by atoms with Gasteiger partial charge in [0.25, 0.3) is 0 Å². The van der Waals surface area contributed by atoms with Gasteiger partial charge in [0.05, 0.1) is 6.04 Å². The highest BCUT2D eigenvalue weighted by molar-refractivity contribution is 5.69. The van der Waals surface area contributed by atoms with Crippen molar-refractivity contribution in [2.45, 2.75) is 64.1 Å². The minimum Gasteiger partial charge on any atom is -0.444 e. The summed E-state index contributed by atoms with van der Waals surface area (Å²) in [5, 5.41) is 3.52. The number of fused-ring (bicyclic) bond motifs is 1. The van der Waals surface area contributed by atoms with Gasteiger partial charge >= 0.3 is 6.09 Å². The molecule has 0 aromatic heterocycles. The molecule has 0 unspecified atom stereocenters. The van der Waals surface area contributed by atoms with Gasteiger partial charge in [-0.1, -0.05) is 12.8 Å². The van der Waals surface area contributed by atoms with Crippen LogP contribution < -0.4 is 5.32 Å². The Morgan fingerprint density at radius 3 is 2.71 bits per heavy atom. The molecule has 2 fully saturated rings. The van der Waals surface area contributed by atoms with Crippen molar-refractivity contribution >= 4 is 6.09 Å². The highest BCUT2D eigenvalue weighted by atomic mass is 16.6. The maximum Gasteiger partial charge on any atom is 0.410 e. The van der Waals surface area contributed by atoms with E-state index in [0.29, 0.717) is 12.1 Å². The molecule has 98 valence electrons. The SMILES string of the molecule is CC(C)(C)OC(=O)N1CCN[C@H]2CCCC[C@@H]21. The lowest BCUT2D eigenvalue weighted by Gasteiger charge is -2.44. The third-order valence-electron chi connectivity index (χ3n) is 3.52. The van der Waals surface area contributed by atoms with Crippen molar-refractivity contribution in [3.8, 4) is 0 Å². The molecule has 2 rings (SSSR count). The van der Waals surface area contributed by atoms with E-state index in [2.05, 4.69) is 5.32 Å². The molecule has 0 radical (unpaired) electrons. The van der Waals surface area contributed by atoms with Gasteiger partial charge in [0.15, 0.2) is 0 Å². The van der Waals surface area contributed by atoms with E-state index in [-0.39, 0.29) is 6.09 Å². The van der Waals surface area contributed by atoms with Crippen LogP contribution in [-0.2, 0) is 4.74 Å². The van der Waals surface area contributed by atoms with Crippen molar-refractivity contribution in [1.82, 2.24) is 10.2 Å². The molecule has 1 amide bonds. The van der Waals surface area contributed by atoms with Gasteiger partial charge in [0, 0.05) is 19.1 Å². The van der Waals surface area contributed by atoms with E-state index in [9.17, 15) is 4.79 Å². The van der Waals surface area contributed by atoms with E-state index < -0.39 is 5.60 Å². The van der Waals surface area contributed by atoms with Gasteiger partial charge in [-0.05, 0) is 33.6 Å². The minimum absolute atomic E-state index is 0.143. The van der Waals surface area contributed by atoms with Gasteiger partial charge in [-0.3, -0.25) is 0 Å². The molecular weight excluding hydrogens is 216 g/mol. The predicted octanol–water partition coefficient (Wildman–Crippen LogP) is 2.14. The Hall–Kier alpha value is -0.770. The van der Waals surface area contributed by atoms with Crippen LogP contribution in [0.4, 0.5) is 4.79 Å². The first-order valence-corrected chi connectivity index (χ1v) is 6.70. The Morgan fingerprint density at radius 1 is 1.29 bits per heavy atom. The van der Waals surface area contributed by atoms with Crippen LogP contribution in [-0.4, -0.2) is 41.8 Å². The number of amides is 1. The molecule has 2 aliphatic rings. The van der Waals surface area contributed by atoms with Crippen LogP contribution in [0.5, 0.6) is 0 Å². The lowest BCUT2D eigenvalue weighted by molar-refractivity contribution is 0.000269. The Bertz CT molecular complexity index is 284. The van der Waals surface area contributed by atoms with Gasteiger partial charge in [-0.2, -0.15) is 0 Å². The van der Waals surface area contributed by atoms with E-state index in [1.165, 1.54) is 19.3 Å². The quantitative estimate of drug-likeness (QED) is 0.705. The maximum atomic E-state index is 12.1. The van der Waals surface area contributed by atoms with E-state index >= 15 is 0 Å². The Balaban J connectivity index is 2.01. The second-order valence-corrected chi connectivity index (χ2v) is 6.09. The van der Waals surface area contributed by atoms with Gasteiger partial charge in [0.1, 0.15) is 5.60 Å². The fourth-order valence-corrected chi connectivity index (χ4v) is 2.81. The first-order chi connectivity index (χ1) is 7.97. The number of carbonyl (C=O) groups excluding carboxylic acids is 1. The zero-order valence-corrected chi connectivity index (χ0v) is 11.2. The number of hydrogen-bond donors (Lipinski definition) is 1. The normalized spacial score (nSPS) is 29.7. The second kappa shape index (κ2) is 4.84. The minimum atomic E-state index is -0.397. The molecule has 1 aliphatic heterocycles. The van der Waals surface area contributed by atoms with Crippen molar-refractivity contribution in [3.63, 3.8) is 0 Å². The van der Waals surface area contributed by atoms with Crippen LogP contribution in [0.1, 0.15) is 46.5 Å². The molecule has 17 heavy (non-hydrogen) atoms. The third-order valence-corrected chi connectivity index (χ3v) is 3.52. The van der Waals surface area contributed by atoms with Crippen LogP contribution in [0.2, 0.25) is 0 Å². The number of hydrogen-bond acceptors (Lipinski definition) is 3. The Labute approximate surface area is 104 Å². The second-order valence-electron chi connectivity index (χ2n) is 6.09. The van der Waals surface area contributed by atoms with Gasteiger partial charge in [-0.15, -0.1) is 0 Å². The Morgan fingerprint density at radius 2 is 2.00 bits per heavy atom. The van der Waals surface area contributed by atoms with Crippen LogP contribution >= 0.6 is 0 Å². The lowest BCUT2D eigenvalue weighted by atomic mass is 9.88. The molecule has 1 heterocycles. The highest BCUT2D eigenvalue weighted by Gasteiger charge is 2.37. The summed E-state index contributed by atoms with van der Waals surface area (Å²) >= 11 is 0. The summed E-state index contributed by atoms with van der Waals surface area (Å²) in [6, 6.07) is 0.817. The zero-order valence-electron chi connectivity index (χ0n) is 11.2. The molecule has 0 bridgehead atoms. The van der Waals surface area contributed by atoms with Crippen LogP contribution in [0.25, 0.3) is 0 Å². The molecule has 0 spiro atoms. The summed E-state index contributed by atoms with van der Waals surface area (Å²) in [7, 11) is 0. The lowest BCUT2D eigenvalue weighted by Crippen LogP contribution is -2.61. The number of nitrogens with one attached hydrogen (secondary N) is 1. The zero-order chi connectivity index (χ0) is 12.5. The molecule has 2 atom stereocenters. The largest absolute Gasteiger partial charge is 0.444 e. The summed E-state index contributed by atoms with van der Waals surface area (Å²) in [6.07, 6.45) is 4.65. The van der Waals surface area contributed by atoms with Gasteiger partial charge in [-0.25, -0.2) is 4.79 Å². The topological polar surface area (TPSA) is 41.6 Å². The molecule has 1 N–H and O–H groups in total. The first-order valence-electron chi connectivity index (χ1n) is 6.70. The molecule has 0 aromatic carbocycles. The standard InChI is InChI=1S/C13H24N2O2/c1-13(2,3)17-12(16)15-9-8-14-10-6-4-5-7-11(10)15/h10-11,14H,4-9H2,1-3H3/t10-,11-/m0/s1. The number of piperazine rings is 1. The van der Waals surface area contributed by atoms with Gasteiger partial charge < -0.3 is 15.0 Å². The Kier molecular flexibility index (Phi) is 3.61. The first kappa shape index (κ1) is 12.7. The number of carbonyl (C=O) groups is 1. The fraction of sp³-hybridized carbons (Fsp3) is 0.923. The van der Waals surface area contributed by atoms with Gasteiger partial charge in [0.2, 0.25) is 0 Å². The van der Waals surface area contributed by atoms with Crippen LogP contribution in [0.3, 0.4) is 0 Å². The number of ether oxygens (including phenoxy) is 1. The fourth-order valence-electron chi connectivity index (χ4n) is 2.81. The molecule has 1 aliphatic carbocycles. The molecule has 1 saturated heterocycles. The molecule has 1 saturated carbocycles. The van der Waals surface area contributed by atoms with E-state index in [4.69, 9.17) is 4.74 Å². The highest BCUT2D eigenvalue weighted by Crippen LogP contribution is 2.26. The molecule has 0 aromatic rings. The summed E-state index contributed by atoms with van der Waals surface area (Å²) in [6.45, 7) is 7.43. The van der Waals surface area contributed by atoms with Crippen molar-refractivity contribution in [1.29, 1.82) is 0 Å². The summed E-state index contributed by atoms with van der Waals surface area (Å²) in [5.41, 5.74) is -0.397. The molecular formula is C13H24N2O2. The predicted molar refractivity (Wildman–Crippen MR) is 67.0 cm³/mol. The van der Waals surface area contributed by atoms with Crippen molar-refractivity contribution < 1.29 is 9.53 Å². The molecule has 4 heteroatoms. The maximum absolute atomic E-state index is 12.1. The summed E-state index contributed by atoms with van der Waals surface area (Å²) < 4.78 is 5.49. The van der Waals surface area contributed by atoms with E-state index in [1.807, 2.05) is 25.7 Å². The summed E-state index contributed by atoms with van der Waals surface area (Å²) in [4.78, 5) is 14.1. The molecule has 4 nitrogen and oxygen atoms in total. The van der Waals surface area contributed by atoms with E-state index in [1.54, 1.807) is 0 Å². The number of rotatable bonds is 0. The van der Waals surface area contributed by atoms with Crippen molar-refractivity contribution in [3.05, 3.63) is 0 Å². The number of nitrogens with zero attached hydrogens (tertiary/aromatic N) is 1. The van der Waals surface area contributed by atoms with Crippen LogP contribution in [0.15, 0.2) is 0 Å². The van der Waals surface area contributed by atoms with E-state index in [0.717, 1.165) is 19.5 Å². The smallest absolute Gasteiger partial charge is 0.410 e.